The number of ether oxygens (including phenoxy) is 1. The summed E-state index contributed by atoms with van der Waals surface area (Å²) in [5.41, 5.74) is 0.974. The van der Waals surface area contributed by atoms with E-state index in [1.54, 1.807) is 24.5 Å². The molecule has 0 aliphatic carbocycles. The van der Waals surface area contributed by atoms with Gasteiger partial charge in [0.15, 0.2) is 5.75 Å². The first-order chi connectivity index (χ1) is 9.68. The molecule has 6 heteroatoms. The number of para-hydroxylation sites is 1. The Bertz CT molecular complexity index is 590. The summed E-state index contributed by atoms with van der Waals surface area (Å²) in [6.45, 7) is 0.392. The van der Waals surface area contributed by atoms with Gasteiger partial charge in [0.1, 0.15) is 5.02 Å². The molecule has 0 aliphatic heterocycles. The second-order valence-electron chi connectivity index (χ2n) is 4.15. The zero-order valence-corrected chi connectivity index (χ0v) is 11.4. The van der Waals surface area contributed by atoms with Gasteiger partial charge in [-0.2, -0.15) is 0 Å². The molecule has 0 saturated carbocycles. The number of aromatic nitrogens is 1. The predicted molar refractivity (Wildman–Crippen MR) is 76.2 cm³/mol. The van der Waals surface area contributed by atoms with Crippen molar-refractivity contribution in [2.45, 2.75) is 12.8 Å². The predicted octanol–water partition coefficient (Wildman–Crippen LogP) is 3.65. The number of aryl methyl sites for hydroxylation is 1. The van der Waals surface area contributed by atoms with Crippen LogP contribution in [0.25, 0.3) is 0 Å². The van der Waals surface area contributed by atoms with Gasteiger partial charge < -0.3 is 4.74 Å². The number of nitro groups is 1. The maximum Gasteiger partial charge on any atom is 0.329 e. The first kappa shape index (κ1) is 14.3. The van der Waals surface area contributed by atoms with Crippen LogP contribution in [0.4, 0.5) is 5.69 Å². The number of benzene rings is 1. The van der Waals surface area contributed by atoms with Crippen LogP contribution in [0.3, 0.4) is 0 Å². The minimum atomic E-state index is -0.527. The van der Waals surface area contributed by atoms with Crippen LogP contribution in [0.1, 0.15) is 12.0 Å². The van der Waals surface area contributed by atoms with E-state index in [1.165, 1.54) is 6.07 Å². The quantitative estimate of drug-likeness (QED) is 0.463. The maximum absolute atomic E-state index is 10.9. The van der Waals surface area contributed by atoms with Gasteiger partial charge in [-0.05, 0) is 42.7 Å². The van der Waals surface area contributed by atoms with Gasteiger partial charge in [-0.3, -0.25) is 15.1 Å². The molecule has 0 radical (unpaired) electrons. The topological polar surface area (TPSA) is 65.3 Å². The molecule has 0 aliphatic rings. The molecule has 0 atom stereocenters. The molecule has 1 heterocycles. The van der Waals surface area contributed by atoms with Crippen molar-refractivity contribution in [1.82, 2.24) is 4.98 Å². The third-order valence-electron chi connectivity index (χ3n) is 2.75. The third-order valence-corrected chi connectivity index (χ3v) is 3.05. The van der Waals surface area contributed by atoms with E-state index in [0.29, 0.717) is 6.61 Å². The van der Waals surface area contributed by atoms with Crippen LogP contribution in [0.15, 0.2) is 42.7 Å². The lowest BCUT2D eigenvalue weighted by molar-refractivity contribution is -0.385. The first-order valence-electron chi connectivity index (χ1n) is 6.13. The number of pyridine rings is 1. The van der Waals surface area contributed by atoms with Gasteiger partial charge in [-0.1, -0.05) is 17.7 Å². The van der Waals surface area contributed by atoms with E-state index in [1.807, 2.05) is 12.1 Å². The van der Waals surface area contributed by atoms with Crippen LogP contribution in [0, 0.1) is 10.1 Å². The molecule has 0 spiro atoms. The van der Waals surface area contributed by atoms with E-state index in [9.17, 15) is 10.1 Å². The standard InChI is InChI=1S/C14H13ClN2O3/c15-12-4-1-5-13(14(12)17(18)19)20-10-2-3-11-6-8-16-9-7-11/h1,4-9H,2-3,10H2. The van der Waals surface area contributed by atoms with Crippen LogP contribution >= 0.6 is 11.6 Å². The normalized spacial score (nSPS) is 10.2. The highest BCUT2D eigenvalue weighted by Crippen LogP contribution is 2.34. The highest BCUT2D eigenvalue weighted by atomic mass is 35.5. The summed E-state index contributed by atoms with van der Waals surface area (Å²) in [5, 5.41) is 11.0. The van der Waals surface area contributed by atoms with Gasteiger partial charge in [0.2, 0.25) is 0 Å². The van der Waals surface area contributed by atoms with Crippen LogP contribution < -0.4 is 4.74 Å². The number of nitrogens with zero attached hydrogens (tertiary/aromatic N) is 2. The molecule has 0 saturated heterocycles. The van der Waals surface area contributed by atoms with E-state index in [0.717, 1.165) is 18.4 Å². The fraction of sp³-hybridized carbons (Fsp3) is 0.214. The lowest BCUT2D eigenvalue weighted by atomic mass is 10.1. The zero-order valence-electron chi connectivity index (χ0n) is 10.7. The molecule has 0 unspecified atom stereocenters. The molecule has 1 aromatic heterocycles. The Morgan fingerprint density at radius 3 is 2.70 bits per heavy atom. The highest BCUT2D eigenvalue weighted by Gasteiger charge is 2.19. The average Bonchev–Trinajstić information content (AvgIpc) is 2.44. The SMILES string of the molecule is O=[N+]([O-])c1c(Cl)cccc1OCCCc1ccncc1. The van der Waals surface area contributed by atoms with E-state index >= 15 is 0 Å². The summed E-state index contributed by atoms with van der Waals surface area (Å²) >= 11 is 5.80. The first-order valence-corrected chi connectivity index (χ1v) is 6.51. The fourth-order valence-corrected chi connectivity index (χ4v) is 2.03. The summed E-state index contributed by atoms with van der Waals surface area (Å²) < 4.78 is 5.46. The number of rotatable bonds is 6. The molecule has 0 amide bonds. The largest absolute Gasteiger partial charge is 0.487 e. The molecule has 5 nitrogen and oxygen atoms in total. The second kappa shape index (κ2) is 6.86. The van der Waals surface area contributed by atoms with Gasteiger partial charge in [-0.25, -0.2) is 0 Å². The maximum atomic E-state index is 10.9. The Balaban J connectivity index is 1.92. The Morgan fingerprint density at radius 1 is 1.25 bits per heavy atom. The summed E-state index contributed by atoms with van der Waals surface area (Å²) in [5.74, 6) is 0.206. The molecule has 20 heavy (non-hydrogen) atoms. The smallest absolute Gasteiger partial charge is 0.329 e. The van der Waals surface area contributed by atoms with Gasteiger partial charge in [0, 0.05) is 12.4 Å². The lowest BCUT2D eigenvalue weighted by Crippen LogP contribution is -2.02. The fourth-order valence-electron chi connectivity index (χ4n) is 1.80. The monoisotopic (exact) mass is 292 g/mol. The van der Waals surface area contributed by atoms with Crippen LogP contribution in [0.5, 0.6) is 5.75 Å². The van der Waals surface area contributed by atoms with E-state index in [-0.39, 0.29) is 16.5 Å². The minimum Gasteiger partial charge on any atom is -0.487 e. The number of nitro benzene ring substituents is 1. The summed E-state index contributed by atoms with van der Waals surface area (Å²) in [6.07, 6.45) is 5.06. The van der Waals surface area contributed by atoms with E-state index in [2.05, 4.69) is 4.98 Å². The second-order valence-corrected chi connectivity index (χ2v) is 4.56. The number of hydrogen-bond donors (Lipinski definition) is 0. The van der Waals surface area contributed by atoms with Crippen molar-refractivity contribution in [2.24, 2.45) is 0 Å². The Labute approximate surface area is 121 Å². The van der Waals surface area contributed by atoms with Crippen molar-refractivity contribution in [3.05, 3.63) is 63.4 Å². The highest BCUT2D eigenvalue weighted by molar-refractivity contribution is 6.32. The third kappa shape index (κ3) is 3.68. The molecule has 0 N–H and O–H groups in total. The number of hydrogen-bond acceptors (Lipinski definition) is 4. The molecule has 2 aromatic rings. The molecule has 104 valence electrons. The van der Waals surface area contributed by atoms with E-state index in [4.69, 9.17) is 16.3 Å². The molecule has 0 bridgehead atoms. The summed E-state index contributed by atoms with van der Waals surface area (Å²) in [4.78, 5) is 14.3. The summed E-state index contributed by atoms with van der Waals surface area (Å²) in [7, 11) is 0. The lowest BCUT2D eigenvalue weighted by Gasteiger charge is -2.07. The van der Waals surface area contributed by atoms with Crippen molar-refractivity contribution < 1.29 is 9.66 Å². The summed E-state index contributed by atoms with van der Waals surface area (Å²) in [6, 6.07) is 8.52. The molecule has 1 aromatic carbocycles. The van der Waals surface area contributed by atoms with Crippen molar-refractivity contribution >= 4 is 17.3 Å². The number of halogens is 1. The van der Waals surface area contributed by atoms with Crippen LogP contribution in [-0.2, 0) is 6.42 Å². The van der Waals surface area contributed by atoms with Crippen LogP contribution in [-0.4, -0.2) is 16.5 Å². The van der Waals surface area contributed by atoms with Crippen molar-refractivity contribution in [3.8, 4) is 5.75 Å². The van der Waals surface area contributed by atoms with Gasteiger partial charge in [-0.15, -0.1) is 0 Å². The Morgan fingerprint density at radius 2 is 2.00 bits per heavy atom. The molecule has 0 fully saturated rings. The minimum absolute atomic E-state index is 0.0848. The van der Waals surface area contributed by atoms with Gasteiger partial charge in [0.05, 0.1) is 11.5 Å². The van der Waals surface area contributed by atoms with Crippen molar-refractivity contribution in [1.29, 1.82) is 0 Å². The van der Waals surface area contributed by atoms with Gasteiger partial charge >= 0.3 is 5.69 Å². The van der Waals surface area contributed by atoms with Crippen molar-refractivity contribution in [3.63, 3.8) is 0 Å². The molecular weight excluding hydrogens is 280 g/mol. The Kier molecular flexibility index (Phi) is 4.90. The Hall–Kier alpha value is -2.14. The van der Waals surface area contributed by atoms with Crippen molar-refractivity contribution in [2.75, 3.05) is 6.61 Å². The van der Waals surface area contributed by atoms with Gasteiger partial charge in [0.25, 0.3) is 0 Å². The zero-order chi connectivity index (χ0) is 14.4. The van der Waals surface area contributed by atoms with Crippen LogP contribution in [0.2, 0.25) is 5.02 Å². The molecular formula is C14H13ClN2O3. The van der Waals surface area contributed by atoms with E-state index < -0.39 is 4.92 Å². The molecule has 2 rings (SSSR count). The average molecular weight is 293 g/mol.